The molecule has 2 aliphatic heterocycles. The van der Waals surface area contributed by atoms with Gasteiger partial charge in [-0.3, -0.25) is 14.4 Å². The standard InChI is InChI=1S/C22H23FN4O2/c1-25-18(7-8-24-25)13-26-11-16-12-27(22(28)20-6-3-9-29-20)21(19(16)14-26)15-4-2-5-17(23)10-15/h2-10,16,19,21H,11-14H2,1H3/t16-,19-,21-/m0/s1. The number of halogens is 1. The molecule has 2 aliphatic rings. The highest BCUT2D eigenvalue weighted by Gasteiger charge is 2.49. The molecule has 0 spiro atoms. The molecule has 2 aromatic heterocycles. The van der Waals surface area contributed by atoms with Crippen molar-refractivity contribution in [1.29, 1.82) is 0 Å². The van der Waals surface area contributed by atoms with Crippen molar-refractivity contribution < 1.29 is 13.6 Å². The van der Waals surface area contributed by atoms with E-state index in [0.29, 0.717) is 18.2 Å². The normalized spacial score (nSPS) is 24.2. The fraction of sp³-hybridized carbons (Fsp3) is 0.364. The summed E-state index contributed by atoms with van der Waals surface area (Å²) in [4.78, 5) is 17.4. The van der Waals surface area contributed by atoms with Crippen LogP contribution in [0.5, 0.6) is 0 Å². The van der Waals surface area contributed by atoms with Crippen molar-refractivity contribution in [3.05, 3.63) is 77.8 Å². The second-order valence-electron chi connectivity index (χ2n) is 8.00. The fourth-order valence-corrected chi connectivity index (χ4v) is 4.92. The topological polar surface area (TPSA) is 54.5 Å². The second kappa shape index (κ2) is 7.15. The van der Waals surface area contributed by atoms with Crippen molar-refractivity contribution in [2.24, 2.45) is 18.9 Å². The van der Waals surface area contributed by atoms with Crippen LogP contribution in [0.1, 0.15) is 27.9 Å². The minimum atomic E-state index is -0.277. The highest BCUT2D eigenvalue weighted by Crippen LogP contribution is 2.46. The number of benzene rings is 1. The lowest BCUT2D eigenvalue weighted by atomic mass is 9.89. The molecule has 2 fully saturated rings. The van der Waals surface area contributed by atoms with Gasteiger partial charge in [0.05, 0.1) is 18.0 Å². The number of carbonyl (C=O) groups is 1. The first-order valence-electron chi connectivity index (χ1n) is 9.89. The van der Waals surface area contributed by atoms with Crippen LogP contribution < -0.4 is 0 Å². The summed E-state index contributed by atoms with van der Waals surface area (Å²) in [6.07, 6.45) is 3.32. The highest BCUT2D eigenvalue weighted by atomic mass is 19.1. The third-order valence-electron chi connectivity index (χ3n) is 6.23. The summed E-state index contributed by atoms with van der Waals surface area (Å²) in [5, 5.41) is 4.25. The third kappa shape index (κ3) is 3.25. The van der Waals surface area contributed by atoms with Crippen molar-refractivity contribution in [1.82, 2.24) is 19.6 Å². The van der Waals surface area contributed by atoms with Crippen molar-refractivity contribution in [3.8, 4) is 0 Å². The average molecular weight is 394 g/mol. The summed E-state index contributed by atoms with van der Waals surface area (Å²) in [6, 6.07) is 11.9. The van der Waals surface area contributed by atoms with Gasteiger partial charge in [0.25, 0.3) is 5.91 Å². The number of hydrogen-bond acceptors (Lipinski definition) is 4. The molecule has 0 unspecified atom stereocenters. The van der Waals surface area contributed by atoms with Gasteiger partial charge in [0.2, 0.25) is 0 Å². The monoisotopic (exact) mass is 394 g/mol. The Morgan fingerprint density at radius 3 is 2.83 bits per heavy atom. The molecule has 5 rings (SSSR count). The SMILES string of the molecule is Cn1nccc1CN1C[C@H]2CN(C(=O)c3ccco3)[C@@H](c3cccc(F)c3)[C@H]2C1. The largest absolute Gasteiger partial charge is 0.459 e. The lowest BCUT2D eigenvalue weighted by Gasteiger charge is -2.29. The van der Waals surface area contributed by atoms with Crippen LogP contribution in [-0.4, -0.2) is 45.1 Å². The average Bonchev–Trinajstić information content (AvgIpc) is 3.47. The van der Waals surface area contributed by atoms with Gasteiger partial charge >= 0.3 is 0 Å². The molecule has 7 heteroatoms. The number of aryl methyl sites for hydroxylation is 1. The number of aromatic nitrogens is 2. The Balaban J connectivity index is 1.43. The van der Waals surface area contributed by atoms with E-state index < -0.39 is 0 Å². The summed E-state index contributed by atoms with van der Waals surface area (Å²) in [5.41, 5.74) is 2.01. The maximum Gasteiger partial charge on any atom is 0.290 e. The van der Waals surface area contributed by atoms with Crippen LogP contribution in [-0.2, 0) is 13.6 Å². The van der Waals surface area contributed by atoms with Crippen LogP contribution in [0.2, 0.25) is 0 Å². The fourth-order valence-electron chi connectivity index (χ4n) is 4.92. The Kier molecular flexibility index (Phi) is 4.47. The van der Waals surface area contributed by atoms with Gasteiger partial charge in [0.15, 0.2) is 5.76 Å². The second-order valence-corrected chi connectivity index (χ2v) is 8.00. The maximum atomic E-state index is 14.0. The van der Waals surface area contributed by atoms with Crippen LogP contribution >= 0.6 is 0 Å². The zero-order valence-electron chi connectivity index (χ0n) is 16.2. The Bertz CT molecular complexity index is 1020. The molecule has 3 atom stereocenters. The van der Waals surface area contributed by atoms with Crippen LogP contribution in [0.3, 0.4) is 0 Å². The Morgan fingerprint density at radius 1 is 1.21 bits per heavy atom. The lowest BCUT2D eigenvalue weighted by molar-refractivity contribution is 0.0667. The van der Waals surface area contributed by atoms with Crippen LogP contribution in [0, 0.1) is 17.7 Å². The molecule has 29 heavy (non-hydrogen) atoms. The summed E-state index contributed by atoms with van der Waals surface area (Å²) < 4.78 is 21.2. The van der Waals surface area contributed by atoms with E-state index in [1.807, 2.05) is 35.0 Å². The number of fused-ring (bicyclic) bond motifs is 1. The first kappa shape index (κ1) is 18.1. The summed E-state index contributed by atoms with van der Waals surface area (Å²) in [7, 11) is 1.95. The number of carbonyl (C=O) groups excluding carboxylic acids is 1. The Labute approximate surface area is 168 Å². The van der Waals surface area contributed by atoms with Gasteiger partial charge in [-0.1, -0.05) is 12.1 Å². The minimum Gasteiger partial charge on any atom is -0.459 e. The molecule has 1 amide bonds. The van der Waals surface area contributed by atoms with Crippen molar-refractivity contribution >= 4 is 5.91 Å². The van der Waals surface area contributed by atoms with Crippen molar-refractivity contribution in [2.45, 2.75) is 12.6 Å². The van der Waals surface area contributed by atoms with Gasteiger partial charge in [0.1, 0.15) is 5.82 Å². The minimum absolute atomic E-state index is 0.128. The number of rotatable bonds is 4. The highest BCUT2D eigenvalue weighted by molar-refractivity contribution is 5.92. The van der Waals surface area contributed by atoms with E-state index in [1.54, 1.807) is 24.3 Å². The molecule has 6 nitrogen and oxygen atoms in total. The summed E-state index contributed by atoms with van der Waals surface area (Å²) in [5.74, 6) is 0.524. The Hall–Kier alpha value is -2.93. The predicted molar refractivity (Wildman–Crippen MR) is 104 cm³/mol. The van der Waals surface area contributed by atoms with Crippen molar-refractivity contribution in [3.63, 3.8) is 0 Å². The van der Waals surface area contributed by atoms with Crippen molar-refractivity contribution in [2.75, 3.05) is 19.6 Å². The first-order chi connectivity index (χ1) is 14.1. The smallest absolute Gasteiger partial charge is 0.290 e. The molecule has 0 saturated carbocycles. The van der Waals surface area contributed by atoms with E-state index in [4.69, 9.17) is 4.42 Å². The van der Waals surface area contributed by atoms with Gasteiger partial charge in [-0.25, -0.2) is 4.39 Å². The zero-order chi connectivity index (χ0) is 20.0. The van der Waals surface area contributed by atoms with Crippen LogP contribution in [0.25, 0.3) is 0 Å². The number of hydrogen-bond donors (Lipinski definition) is 0. The van der Waals surface area contributed by atoms with Gasteiger partial charge in [-0.05, 0) is 41.8 Å². The van der Waals surface area contributed by atoms with E-state index in [1.165, 1.54) is 12.3 Å². The number of likely N-dealkylation sites (tertiary alicyclic amines) is 2. The lowest BCUT2D eigenvalue weighted by Crippen LogP contribution is -2.35. The zero-order valence-corrected chi connectivity index (χ0v) is 16.2. The van der Waals surface area contributed by atoms with E-state index in [-0.39, 0.29) is 23.7 Å². The quantitative estimate of drug-likeness (QED) is 0.682. The molecule has 0 radical (unpaired) electrons. The molecule has 4 heterocycles. The van der Waals surface area contributed by atoms with E-state index in [0.717, 1.165) is 30.9 Å². The number of amides is 1. The van der Waals surface area contributed by atoms with Gasteiger partial charge in [-0.2, -0.15) is 5.10 Å². The molecular weight excluding hydrogens is 371 g/mol. The van der Waals surface area contributed by atoms with Gasteiger partial charge in [0, 0.05) is 45.3 Å². The van der Waals surface area contributed by atoms with E-state index >= 15 is 0 Å². The molecule has 1 aromatic carbocycles. The van der Waals surface area contributed by atoms with E-state index in [2.05, 4.69) is 10.00 Å². The molecule has 0 bridgehead atoms. The summed E-state index contributed by atoms with van der Waals surface area (Å²) >= 11 is 0. The molecular formula is C22H23FN4O2. The molecule has 2 saturated heterocycles. The number of furan rings is 1. The molecule has 3 aromatic rings. The summed E-state index contributed by atoms with van der Waals surface area (Å²) in [6.45, 7) is 3.24. The Morgan fingerprint density at radius 2 is 2.10 bits per heavy atom. The molecule has 0 aliphatic carbocycles. The third-order valence-corrected chi connectivity index (χ3v) is 6.23. The van der Waals surface area contributed by atoms with Crippen LogP contribution in [0.15, 0.2) is 59.3 Å². The number of nitrogens with zero attached hydrogens (tertiary/aromatic N) is 4. The van der Waals surface area contributed by atoms with E-state index in [9.17, 15) is 9.18 Å². The maximum absolute atomic E-state index is 14.0. The molecule has 150 valence electrons. The van der Waals surface area contributed by atoms with Crippen LogP contribution in [0.4, 0.5) is 4.39 Å². The van der Waals surface area contributed by atoms with Gasteiger partial charge in [-0.15, -0.1) is 0 Å². The first-order valence-corrected chi connectivity index (χ1v) is 9.89. The van der Waals surface area contributed by atoms with Gasteiger partial charge < -0.3 is 9.32 Å². The predicted octanol–water partition coefficient (Wildman–Crippen LogP) is 3.10. The molecule has 0 N–H and O–H groups in total.